The first-order valence-corrected chi connectivity index (χ1v) is 6.88. The molecule has 1 aliphatic rings. The highest BCUT2D eigenvalue weighted by Gasteiger charge is 2.32. The van der Waals surface area contributed by atoms with Crippen molar-refractivity contribution in [1.82, 2.24) is 4.98 Å². The van der Waals surface area contributed by atoms with Crippen LogP contribution in [0, 0.1) is 5.92 Å². The van der Waals surface area contributed by atoms with Gasteiger partial charge in [-0.25, -0.2) is 0 Å². The normalized spacial score (nSPS) is 18.6. The largest absolute Gasteiger partial charge is 0.481 e. The molecule has 2 N–H and O–H groups in total. The first kappa shape index (κ1) is 12.9. The number of aromatic nitrogens is 1. The molecule has 3 rings (SSSR count). The van der Waals surface area contributed by atoms with E-state index in [0.717, 1.165) is 16.6 Å². The number of aliphatic carboxylic acids is 1. The number of hydrogen-bond acceptors (Lipinski definition) is 2. The number of hydrogen-bond donors (Lipinski definition) is 2. The van der Waals surface area contributed by atoms with E-state index in [9.17, 15) is 9.59 Å². The number of rotatable bonds is 2. The maximum atomic E-state index is 12.3. The van der Waals surface area contributed by atoms with E-state index in [1.807, 2.05) is 18.2 Å². The zero-order valence-corrected chi connectivity index (χ0v) is 11.6. The Hall–Kier alpha value is -2.10. The number of carbonyl (C=O) groups is 2. The molecule has 1 aliphatic carbocycles. The minimum atomic E-state index is -0.898. The zero-order valence-electron chi connectivity index (χ0n) is 11.6. The van der Waals surface area contributed by atoms with Crippen molar-refractivity contribution in [3.8, 4) is 0 Å². The first-order valence-electron chi connectivity index (χ1n) is 6.88. The lowest BCUT2D eigenvalue weighted by atomic mass is 9.85. The van der Waals surface area contributed by atoms with Crippen LogP contribution in [-0.4, -0.2) is 21.8 Å². The maximum Gasteiger partial charge on any atom is 0.307 e. The van der Waals surface area contributed by atoms with Crippen molar-refractivity contribution < 1.29 is 14.7 Å². The van der Waals surface area contributed by atoms with Gasteiger partial charge in [0.05, 0.1) is 5.92 Å². The van der Waals surface area contributed by atoms with E-state index < -0.39 is 11.9 Å². The lowest BCUT2D eigenvalue weighted by Gasteiger charge is -2.17. The smallest absolute Gasteiger partial charge is 0.307 e. The van der Waals surface area contributed by atoms with Crippen molar-refractivity contribution in [2.45, 2.75) is 32.6 Å². The van der Waals surface area contributed by atoms with E-state index in [1.54, 1.807) is 0 Å². The maximum absolute atomic E-state index is 12.3. The molecular formula is C16H17NO3. The van der Waals surface area contributed by atoms with Crippen LogP contribution in [0.25, 0.3) is 10.9 Å². The summed E-state index contributed by atoms with van der Waals surface area (Å²) in [7, 11) is 0. The van der Waals surface area contributed by atoms with Gasteiger partial charge in [0.2, 0.25) is 0 Å². The summed E-state index contributed by atoms with van der Waals surface area (Å²) >= 11 is 0. The van der Waals surface area contributed by atoms with Crippen LogP contribution in [0.15, 0.2) is 18.2 Å². The molecule has 4 heteroatoms. The highest BCUT2D eigenvalue weighted by Crippen LogP contribution is 2.33. The van der Waals surface area contributed by atoms with Crippen LogP contribution < -0.4 is 0 Å². The first-order chi connectivity index (χ1) is 9.47. The third kappa shape index (κ3) is 1.92. The molecule has 1 unspecified atom stereocenters. The third-order valence-corrected chi connectivity index (χ3v) is 4.08. The number of aromatic amines is 1. The Morgan fingerprint density at radius 1 is 1.35 bits per heavy atom. The molecule has 0 fully saturated rings. The summed E-state index contributed by atoms with van der Waals surface area (Å²) in [6.45, 7) is 4.23. The van der Waals surface area contributed by atoms with Crippen LogP contribution in [0.3, 0.4) is 0 Å². The average Bonchev–Trinajstić information content (AvgIpc) is 2.75. The van der Waals surface area contributed by atoms with Gasteiger partial charge in [-0.15, -0.1) is 0 Å². The summed E-state index contributed by atoms with van der Waals surface area (Å²) in [5.41, 5.74) is 3.57. The van der Waals surface area contributed by atoms with Crippen LogP contribution in [0.2, 0.25) is 0 Å². The van der Waals surface area contributed by atoms with Gasteiger partial charge in [0.1, 0.15) is 0 Å². The predicted molar refractivity (Wildman–Crippen MR) is 76.2 cm³/mol. The summed E-state index contributed by atoms with van der Waals surface area (Å²) in [6, 6.07) is 6.08. The number of fused-ring (bicyclic) bond motifs is 3. The molecule has 1 aromatic carbocycles. The fraction of sp³-hybridized carbons (Fsp3) is 0.375. The molecule has 104 valence electrons. The fourth-order valence-corrected chi connectivity index (χ4v) is 2.92. The van der Waals surface area contributed by atoms with Crippen LogP contribution in [0.4, 0.5) is 0 Å². The Morgan fingerprint density at radius 3 is 2.75 bits per heavy atom. The van der Waals surface area contributed by atoms with Gasteiger partial charge >= 0.3 is 5.97 Å². The fourth-order valence-electron chi connectivity index (χ4n) is 2.92. The Kier molecular flexibility index (Phi) is 2.89. The second-order valence-corrected chi connectivity index (χ2v) is 5.80. The Morgan fingerprint density at radius 2 is 2.10 bits per heavy atom. The van der Waals surface area contributed by atoms with Gasteiger partial charge in [-0.3, -0.25) is 9.59 Å². The Balaban J connectivity index is 2.16. The predicted octanol–water partition coefficient (Wildman–Crippen LogP) is 3.12. The third-order valence-electron chi connectivity index (χ3n) is 4.08. The molecule has 2 aromatic rings. The number of carbonyl (C=O) groups excluding carboxylic acids is 1. The second-order valence-electron chi connectivity index (χ2n) is 5.80. The van der Waals surface area contributed by atoms with E-state index >= 15 is 0 Å². The van der Waals surface area contributed by atoms with Crippen molar-refractivity contribution >= 4 is 22.7 Å². The van der Waals surface area contributed by atoms with Gasteiger partial charge < -0.3 is 10.1 Å². The van der Waals surface area contributed by atoms with Gasteiger partial charge in [0.25, 0.3) is 0 Å². The average molecular weight is 271 g/mol. The molecule has 0 radical (unpaired) electrons. The highest BCUT2D eigenvalue weighted by atomic mass is 16.4. The van der Waals surface area contributed by atoms with E-state index in [2.05, 4.69) is 18.8 Å². The number of H-pyrrole nitrogens is 1. The van der Waals surface area contributed by atoms with Gasteiger partial charge in [-0.2, -0.15) is 0 Å². The highest BCUT2D eigenvalue weighted by molar-refractivity contribution is 6.11. The molecule has 0 amide bonds. The number of ketones is 1. The van der Waals surface area contributed by atoms with Gasteiger partial charge in [-0.1, -0.05) is 19.9 Å². The summed E-state index contributed by atoms with van der Waals surface area (Å²) < 4.78 is 0. The van der Waals surface area contributed by atoms with Crippen molar-refractivity contribution in [2.75, 3.05) is 0 Å². The number of Topliss-reactive ketones (excluding diaryl/α,β-unsaturated/α-hetero) is 1. The standard InChI is InChI=1S/C16H17NO3/c1-8(2)9-3-4-12-11(5-9)15-13(17-12)6-10(16(19)20)7-14(15)18/h3-5,8,10,17H,6-7H2,1-2H3,(H,19,20). The van der Waals surface area contributed by atoms with Gasteiger partial charge in [0.15, 0.2) is 5.78 Å². The number of carboxylic acid groups (broad SMARTS) is 1. The van der Waals surface area contributed by atoms with E-state index in [-0.39, 0.29) is 12.2 Å². The molecule has 0 spiro atoms. The Bertz CT molecular complexity index is 712. The molecule has 0 bridgehead atoms. The van der Waals surface area contributed by atoms with Crippen LogP contribution in [0.5, 0.6) is 0 Å². The summed E-state index contributed by atoms with van der Waals surface area (Å²) in [6.07, 6.45) is 0.503. The molecule has 0 aliphatic heterocycles. The van der Waals surface area contributed by atoms with Crippen LogP contribution in [-0.2, 0) is 11.2 Å². The van der Waals surface area contributed by atoms with E-state index in [1.165, 1.54) is 5.56 Å². The summed E-state index contributed by atoms with van der Waals surface area (Å²) in [4.78, 5) is 26.6. The van der Waals surface area contributed by atoms with E-state index in [4.69, 9.17) is 5.11 Å². The number of benzene rings is 1. The molecule has 0 saturated heterocycles. The SMILES string of the molecule is CC(C)c1ccc2[nH]c3c(c2c1)C(=O)CC(C(=O)O)C3. The molecule has 20 heavy (non-hydrogen) atoms. The molecule has 0 saturated carbocycles. The molecule has 1 heterocycles. The van der Waals surface area contributed by atoms with Crippen LogP contribution >= 0.6 is 0 Å². The van der Waals surface area contributed by atoms with Crippen molar-refractivity contribution in [3.63, 3.8) is 0 Å². The minimum absolute atomic E-state index is 0.0641. The minimum Gasteiger partial charge on any atom is -0.481 e. The monoisotopic (exact) mass is 271 g/mol. The Labute approximate surface area is 116 Å². The van der Waals surface area contributed by atoms with E-state index in [0.29, 0.717) is 17.9 Å². The van der Waals surface area contributed by atoms with Gasteiger partial charge in [-0.05, 0) is 23.6 Å². The van der Waals surface area contributed by atoms with Crippen molar-refractivity contribution in [1.29, 1.82) is 0 Å². The lowest BCUT2D eigenvalue weighted by molar-refractivity contribution is -0.141. The van der Waals surface area contributed by atoms with Crippen LogP contribution in [0.1, 0.15) is 47.8 Å². The van der Waals surface area contributed by atoms with Gasteiger partial charge in [0, 0.05) is 35.0 Å². The molecule has 1 aromatic heterocycles. The van der Waals surface area contributed by atoms with Crippen molar-refractivity contribution in [3.05, 3.63) is 35.0 Å². The van der Waals surface area contributed by atoms with Crippen molar-refractivity contribution in [2.24, 2.45) is 5.92 Å². The lowest BCUT2D eigenvalue weighted by Crippen LogP contribution is -2.25. The topological polar surface area (TPSA) is 70.2 Å². The summed E-state index contributed by atoms with van der Waals surface area (Å²) in [5.74, 6) is -1.17. The quantitative estimate of drug-likeness (QED) is 0.881. The number of nitrogens with one attached hydrogen (secondary N) is 1. The summed E-state index contributed by atoms with van der Waals surface area (Å²) in [5, 5.41) is 10.0. The second kappa shape index (κ2) is 4.47. The number of carboxylic acids is 1. The molecule has 4 nitrogen and oxygen atoms in total. The molecule has 1 atom stereocenters. The zero-order chi connectivity index (χ0) is 14.4. The molecular weight excluding hydrogens is 254 g/mol.